The molecule has 0 saturated carbocycles. The average Bonchev–Trinajstić information content (AvgIpc) is 2.58. The average molecular weight is 506 g/mol. The van der Waals surface area contributed by atoms with E-state index in [1.165, 1.54) is 5.56 Å². The van der Waals surface area contributed by atoms with Crippen molar-refractivity contribution >= 4 is 36.0 Å². The van der Waals surface area contributed by atoms with Crippen molar-refractivity contribution in [3.05, 3.63) is 29.3 Å². The van der Waals surface area contributed by atoms with E-state index in [-0.39, 0.29) is 24.0 Å². The maximum Gasteiger partial charge on any atom is 0.407 e. The number of benzene rings is 1. The summed E-state index contributed by atoms with van der Waals surface area (Å²) in [5, 5.41) is 9.11. The number of amides is 1. The Labute approximate surface area is 186 Å². The zero-order valence-electron chi connectivity index (χ0n) is 17.8. The molecule has 0 bridgehead atoms. The smallest absolute Gasteiger partial charge is 0.407 e. The maximum atomic E-state index is 11.6. The van der Waals surface area contributed by atoms with Crippen molar-refractivity contribution in [3.8, 4) is 5.75 Å². The topological polar surface area (TPSA) is 84.0 Å². The molecule has 8 heteroatoms. The highest BCUT2D eigenvalue weighted by atomic mass is 127. The van der Waals surface area contributed by atoms with E-state index in [9.17, 15) is 4.79 Å². The van der Waals surface area contributed by atoms with Crippen molar-refractivity contribution in [1.29, 1.82) is 0 Å². The summed E-state index contributed by atoms with van der Waals surface area (Å²) in [6, 6.07) is 6.21. The lowest BCUT2D eigenvalue weighted by molar-refractivity contribution is 0.0529. The minimum Gasteiger partial charge on any atom is -0.496 e. The molecule has 3 N–H and O–H groups in total. The highest BCUT2D eigenvalue weighted by Gasteiger charge is 2.15. The van der Waals surface area contributed by atoms with Gasteiger partial charge >= 0.3 is 6.09 Å². The molecule has 7 nitrogen and oxygen atoms in total. The molecule has 0 unspecified atom stereocenters. The Morgan fingerprint density at radius 2 is 1.82 bits per heavy atom. The van der Waals surface area contributed by atoms with Crippen LogP contribution in [0.25, 0.3) is 0 Å². The Morgan fingerprint density at radius 1 is 1.14 bits per heavy atom. The summed E-state index contributed by atoms with van der Waals surface area (Å²) in [7, 11) is 1.68. The van der Waals surface area contributed by atoms with Gasteiger partial charge in [0.05, 0.1) is 7.11 Å². The lowest BCUT2D eigenvalue weighted by Crippen LogP contribution is -2.42. The lowest BCUT2D eigenvalue weighted by atomic mass is 10.1. The van der Waals surface area contributed by atoms with Crippen molar-refractivity contribution in [2.45, 2.75) is 46.6 Å². The highest BCUT2D eigenvalue weighted by Crippen LogP contribution is 2.19. The molecule has 0 atom stereocenters. The number of nitrogens with zero attached hydrogens (tertiary/aromatic N) is 1. The predicted octanol–water partition coefficient (Wildman–Crippen LogP) is 3.24. The van der Waals surface area contributed by atoms with Gasteiger partial charge in [0.1, 0.15) is 11.4 Å². The van der Waals surface area contributed by atoms with E-state index in [0.29, 0.717) is 19.6 Å². The maximum absolute atomic E-state index is 11.6. The first-order chi connectivity index (χ1) is 12.7. The number of hydrogen-bond acceptors (Lipinski definition) is 4. The summed E-state index contributed by atoms with van der Waals surface area (Å²) in [4.78, 5) is 16.2. The van der Waals surface area contributed by atoms with Crippen LogP contribution in [0.4, 0.5) is 4.79 Å². The number of alkyl carbamates (subject to hydrolysis) is 1. The van der Waals surface area contributed by atoms with Crippen molar-refractivity contribution in [3.63, 3.8) is 0 Å². The first-order valence-electron chi connectivity index (χ1n) is 9.37. The number of rotatable bonds is 8. The van der Waals surface area contributed by atoms with E-state index in [1.54, 1.807) is 7.11 Å². The SMILES string of the molecule is CCNC(=NCCc1ccc(C)c(OC)c1)NCCNC(=O)OC(C)(C)C.I. The van der Waals surface area contributed by atoms with Crippen molar-refractivity contribution in [2.24, 2.45) is 4.99 Å². The Morgan fingerprint density at radius 3 is 2.43 bits per heavy atom. The molecule has 0 radical (unpaired) electrons. The summed E-state index contributed by atoms with van der Waals surface area (Å²) in [6.45, 7) is 12.0. The Hall–Kier alpha value is -1.71. The fraction of sp³-hybridized carbons (Fsp3) is 0.600. The van der Waals surface area contributed by atoms with Crippen molar-refractivity contribution in [2.75, 3.05) is 33.3 Å². The second kappa shape index (κ2) is 13.5. The third-order valence-corrected chi connectivity index (χ3v) is 3.57. The summed E-state index contributed by atoms with van der Waals surface area (Å²) in [6.07, 6.45) is 0.406. The molecule has 160 valence electrons. The third-order valence-electron chi connectivity index (χ3n) is 3.57. The second-order valence-corrected chi connectivity index (χ2v) is 7.17. The molecule has 0 aromatic heterocycles. The first-order valence-corrected chi connectivity index (χ1v) is 9.37. The summed E-state index contributed by atoms with van der Waals surface area (Å²) >= 11 is 0. The van der Waals surface area contributed by atoms with Gasteiger partial charge in [-0.05, 0) is 58.2 Å². The van der Waals surface area contributed by atoms with Gasteiger partial charge in [0.15, 0.2) is 5.96 Å². The van der Waals surface area contributed by atoms with Gasteiger partial charge in [0, 0.05) is 26.2 Å². The van der Waals surface area contributed by atoms with Gasteiger partial charge < -0.3 is 25.4 Å². The molecule has 0 aliphatic rings. The number of hydrogen-bond donors (Lipinski definition) is 3. The van der Waals surface area contributed by atoms with Crippen LogP contribution in [0.2, 0.25) is 0 Å². The van der Waals surface area contributed by atoms with Crippen LogP contribution in [0.1, 0.15) is 38.8 Å². The van der Waals surface area contributed by atoms with Gasteiger partial charge in [0.2, 0.25) is 0 Å². The molecule has 1 amide bonds. The van der Waals surface area contributed by atoms with Crippen LogP contribution in [-0.2, 0) is 11.2 Å². The molecule has 1 aromatic rings. The van der Waals surface area contributed by atoms with Crippen LogP contribution in [0.3, 0.4) is 0 Å². The third kappa shape index (κ3) is 11.2. The molecule has 0 saturated heterocycles. The number of aliphatic imine (C=N–C) groups is 1. The molecule has 1 rings (SSSR count). The van der Waals surface area contributed by atoms with Crippen LogP contribution >= 0.6 is 24.0 Å². The number of methoxy groups -OCH3 is 1. The summed E-state index contributed by atoms with van der Waals surface area (Å²) in [5.41, 5.74) is 1.81. The van der Waals surface area contributed by atoms with Crippen LogP contribution in [0, 0.1) is 6.92 Å². The largest absolute Gasteiger partial charge is 0.496 e. The Balaban J connectivity index is 0.00000729. The highest BCUT2D eigenvalue weighted by molar-refractivity contribution is 14.0. The van der Waals surface area contributed by atoms with Gasteiger partial charge in [-0.3, -0.25) is 4.99 Å². The van der Waals surface area contributed by atoms with Gasteiger partial charge in [-0.1, -0.05) is 12.1 Å². The molecular formula is C20H35IN4O3. The number of nitrogens with one attached hydrogen (secondary N) is 3. The van der Waals surface area contributed by atoms with Crippen molar-refractivity contribution in [1.82, 2.24) is 16.0 Å². The number of aryl methyl sites for hydroxylation is 1. The molecule has 0 aliphatic heterocycles. The first kappa shape index (κ1) is 26.3. The van der Waals surface area contributed by atoms with Crippen LogP contribution in [-0.4, -0.2) is 50.9 Å². The molecule has 28 heavy (non-hydrogen) atoms. The van der Waals surface area contributed by atoms with Crippen LogP contribution in [0.15, 0.2) is 23.2 Å². The molecule has 0 aliphatic carbocycles. The zero-order chi connectivity index (χ0) is 20.3. The summed E-state index contributed by atoms with van der Waals surface area (Å²) < 4.78 is 10.6. The van der Waals surface area contributed by atoms with E-state index in [4.69, 9.17) is 9.47 Å². The zero-order valence-corrected chi connectivity index (χ0v) is 20.2. The fourth-order valence-corrected chi connectivity index (χ4v) is 2.32. The van der Waals surface area contributed by atoms with Crippen LogP contribution < -0.4 is 20.7 Å². The normalized spacial score (nSPS) is 11.3. The van der Waals surface area contributed by atoms with E-state index in [0.717, 1.165) is 30.2 Å². The van der Waals surface area contributed by atoms with E-state index < -0.39 is 11.7 Å². The van der Waals surface area contributed by atoms with Gasteiger partial charge in [-0.25, -0.2) is 4.79 Å². The molecule has 0 spiro atoms. The van der Waals surface area contributed by atoms with E-state index >= 15 is 0 Å². The molecule has 0 fully saturated rings. The minimum atomic E-state index is -0.493. The van der Waals surface area contributed by atoms with Gasteiger partial charge in [-0.2, -0.15) is 0 Å². The molecule has 1 aromatic carbocycles. The monoisotopic (exact) mass is 506 g/mol. The fourth-order valence-electron chi connectivity index (χ4n) is 2.32. The van der Waals surface area contributed by atoms with Crippen molar-refractivity contribution < 1.29 is 14.3 Å². The second-order valence-electron chi connectivity index (χ2n) is 7.17. The van der Waals surface area contributed by atoms with Gasteiger partial charge in [-0.15, -0.1) is 24.0 Å². The molecule has 0 heterocycles. The summed E-state index contributed by atoms with van der Waals surface area (Å²) in [5.74, 6) is 1.62. The van der Waals surface area contributed by atoms with E-state index in [1.807, 2.05) is 34.6 Å². The number of ether oxygens (including phenoxy) is 2. The number of halogens is 1. The predicted molar refractivity (Wildman–Crippen MR) is 125 cm³/mol. The number of carbonyl (C=O) groups excluding carboxylic acids is 1. The number of carbonyl (C=O) groups is 1. The standard InChI is InChI=1S/C20H34N4O3.HI/c1-7-21-18(23-12-13-24-19(25)27-20(3,4)5)22-11-10-16-9-8-15(2)17(14-16)26-6;/h8-9,14H,7,10-13H2,1-6H3,(H,24,25)(H2,21,22,23);1H. The Kier molecular flexibility index (Phi) is 12.6. The van der Waals surface area contributed by atoms with Gasteiger partial charge in [0.25, 0.3) is 0 Å². The minimum absolute atomic E-state index is 0. The van der Waals surface area contributed by atoms with E-state index in [2.05, 4.69) is 39.1 Å². The quantitative estimate of drug-likeness (QED) is 0.218. The Bertz CT molecular complexity index is 630. The van der Waals surface area contributed by atoms with Crippen LogP contribution in [0.5, 0.6) is 5.75 Å². The number of guanidine groups is 1. The lowest BCUT2D eigenvalue weighted by Gasteiger charge is -2.19. The molecular weight excluding hydrogens is 471 g/mol.